The van der Waals surface area contributed by atoms with Gasteiger partial charge in [-0.25, -0.2) is 13.2 Å². The molecule has 1 nitrogen and oxygen atoms in total. The van der Waals surface area contributed by atoms with Crippen LogP contribution in [0.2, 0.25) is 0 Å². The van der Waals surface area contributed by atoms with E-state index in [1.807, 2.05) is 0 Å². The van der Waals surface area contributed by atoms with E-state index in [2.05, 4.69) is 15.9 Å². The van der Waals surface area contributed by atoms with Crippen molar-refractivity contribution >= 4 is 15.9 Å². The molecule has 0 heterocycles. The maximum Gasteiger partial charge on any atom is 0.173 e. The van der Waals surface area contributed by atoms with Crippen molar-refractivity contribution in [1.29, 1.82) is 0 Å². The van der Waals surface area contributed by atoms with E-state index in [0.717, 1.165) is 11.6 Å². The largest absolute Gasteiger partial charge is 0.388 e. The van der Waals surface area contributed by atoms with Crippen molar-refractivity contribution in [2.24, 2.45) is 0 Å². The molecule has 0 aliphatic rings. The number of aliphatic hydroxyl groups excluding tert-OH is 1. The molecule has 5 heteroatoms. The van der Waals surface area contributed by atoms with Crippen LogP contribution in [0.5, 0.6) is 0 Å². The first-order valence-corrected chi connectivity index (χ1v) is 6.76. The second-order valence-corrected chi connectivity index (χ2v) is 5.35. The molecule has 1 unspecified atom stereocenters. The van der Waals surface area contributed by atoms with Gasteiger partial charge in [0, 0.05) is 6.42 Å². The number of benzene rings is 2. The van der Waals surface area contributed by atoms with Gasteiger partial charge in [0.05, 0.1) is 10.6 Å². The van der Waals surface area contributed by atoms with Crippen LogP contribution in [0.1, 0.15) is 22.8 Å². The normalized spacial score (nSPS) is 12.5. The standard InChI is InChI=1S/C15H12BrF3O/c1-8-6-10(17)3-2-9(8)7-13(20)11-4-5-12(18)15(19)14(11)16/h2-6,13,20H,7H2,1H3. The maximum atomic E-state index is 13.4. The van der Waals surface area contributed by atoms with Crippen molar-refractivity contribution in [3.63, 3.8) is 0 Å². The van der Waals surface area contributed by atoms with Crippen LogP contribution in [0.4, 0.5) is 13.2 Å². The van der Waals surface area contributed by atoms with Gasteiger partial charge in [-0.1, -0.05) is 12.1 Å². The first-order chi connectivity index (χ1) is 9.40. The lowest BCUT2D eigenvalue weighted by Crippen LogP contribution is -2.06. The monoisotopic (exact) mass is 344 g/mol. The highest BCUT2D eigenvalue weighted by atomic mass is 79.9. The number of aliphatic hydroxyl groups is 1. The zero-order valence-electron chi connectivity index (χ0n) is 10.6. The second-order valence-electron chi connectivity index (χ2n) is 4.56. The lowest BCUT2D eigenvalue weighted by molar-refractivity contribution is 0.176. The van der Waals surface area contributed by atoms with Crippen LogP contribution in [-0.4, -0.2) is 5.11 Å². The van der Waals surface area contributed by atoms with Gasteiger partial charge in [0.1, 0.15) is 5.82 Å². The Bertz CT molecular complexity index is 643. The van der Waals surface area contributed by atoms with Crippen molar-refractivity contribution in [2.75, 3.05) is 0 Å². The van der Waals surface area contributed by atoms with Crippen LogP contribution < -0.4 is 0 Å². The Balaban J connectivity index is 2.28. The number of aryl methyl sites for hydroxylation is 1. The van der Waals surface area contributed by atoms with E-state index in [-0.39, 0.29) is 22.3 Å². The fourth-order valence-corrected chi connectivity index (χ4v) is 2.59. The Morgan fingerprint density at radius 3 is 2.50 bits per heavy atom. The van der Waals surface area contributed by atoms with E-state index in [1.165, 1.54) is 18.2 Å². The van der Waals surface area contributed by atoms with Crippen molar-refractivity contribution in [2.45, 2.75) is 19.4 Å². The summed E-state index contributed by atoms with van der Waals surface area (Å²) in [5.74, 6) is -2.36. The molecule has 0 bridgehead atoms. The molecule has 0 saturated heterocycles. The van der Waals surface area contributed by atoms with Crippen LogP contribution >= 0.6 is 15.9 Å². The molecule has 0 radical (unpaired) electrons. The third-order valence-corrected chi connectivity index (χ3v) is 3.95. The second kappa shape index (κ2) is 5.97. The lowest BCUT2D eigenvalue weighted by atomic mass is 9.98. The van der Waals surface area contributed by atoms with Crippen LogP contribution in [0.25, 0.3) is 0 Å². The highest BCUT2D eigenvalue weighted by Crippen LogP contribution is 2.30. The average Bonchev–Trinajstić information content (AvgIpc) is 2.39. The minimum atomic E-state index is -1.03. The van der Waals surface area contributed by atoms with E-state index in [0.29, 0.717) is 5.56 Å². The summed E-state index contributed by atoms with van der Waals surface area (Å²) >= 11 is 2.94. The summed E-state index contributed by atoms with van der Waals surface area (Å²) in [4.78, 5) is 0. The van der Waals surface area contributed by atoms with Crippen LogP contribution in [0.15, 0.2) is 34.8 Å². The molecule has 2 rings (SSSR count). The van der Waals surface area contributed by atoms with E-state index in [1.54, 1.807) is 13.0 Å². The van der Waals surface area contributed by atoms with E-state index in [9.17, 15) is 18.3 Å². The molecule has 0 amide bonds. The van der Waals surface area contributed by atoms with E-state index >= 15 is 0 Å². The molecule has 0 aromatic heterocycles. The van der Waals surface area contributed by atoms with Crippen molar-refractivity contribution in [3.05, 3.63) is 68.9 Å². The Labute approximate surface area is 123 Å². The Kier molecular flexibility index (Phi) is 4.50. The molecule has 0 aliphatic carbocycles. The van der Waals surface area contributed by atoms with Gasteiger partial charge in [-0.2, -0.15) is 0 Å². The molecule has 1 N–H and O–H groups in total. The summed E-state index contributed by atoms with van der Waals surface area (Å²) in [5, 5.41) is 10.2. The average molecular weight is 345 g/mol. The molecule has 20 heavy (non-hydrogen) atoms. The van der Waals surface area contributed by atoms with Gasteiger partial charge in [0.2, 0.25) is 0 Å². The molecule has 0 saturated carbocycles. The molecule has 0 fully saturated rings. The molecule has 2 aromatic carbocycles. The predicted octanol–water partition coefficient (Wildman–Crippen LogP) is 4.45. The number of hydrogen-bond acceptors (Lipinski definition) is 1. The van der Waals surface area contributed by atoms with Gasteiger partial charge in [0.25, 0.3) is 0 Å². The van der Waals surface area contributed by atoms with Gasteiger partial charge in [0.15, 0.2) is 11.6 Å². The van der Waals surface area contributed by atoms with Crippen molar-refractivity contribution in [3.8, 4) is 0 Å². The Morgan fingerprint density at radius 1 is 1.15 bits per heavy atom. The van der Waals surface area contributed by atoms with Crippen molar-refractivity contribution < 1.29 is 18.3 Å². The molecular formula is C15H12BrF3O. The van der Waals surface area contributed by atoms with Crippen LogP contribution in [0.3, 0.4) is 0 Å². The highest BCUT2D eigenvalue weighted by Gasteiger charge is 2.18. The summed E-state index contributed by atoms with van der Waals surface area (Å²) in [5.41, 5.74) is 1.70. The SMILES string of the molecule is Cc1cc(F)ccc1CC(O)c1ccc(F)c(F)c1Br. The molecule has 0 aliphatic heterocycles. The van der Waals surface area contributed by atoms with Crippen molar-refractivity contribution in [1.82, 2.24) is 0 Å². The van der Waals surface area contributed by atoms with Gasteiger partial charge in [-0.15, -0.1) is 0 Å². The first-order valence-electron chi connectivity index (χ1n) is 5.96. The third kappa shape index (κ3) is 3.04. The van der Waals surface area contributed by atoms with E-state index in [4.69, 9.17) is 0 Å². The Hall–Kier alpha value is -1.33. The smallest absolute Gasteiger partial charge is 0.173 e. The van der Waals surface area contributed by atoms with Gasteiger partial charge in [-0.3, -0.25) is 0 Å². The van der Waals surface area contributed by atoms with Gasteiger partial charge < -0.3 is 5.11 Å². The quantitative estimate of drug-likeness (QED) is 0.815. The van der Waals surface area contributed by atoms with Crippen LogP contribution in [-0.2, 0) is 6.42 Å². The maximum absolute atomic E-state index is 13.4. The highest BCUT2D eigenvalue weighted by molar-refractivity contribution is 9.10. The summed E-state index contributed by atoms with van der Waals surface area (Å²) in [6.45, 7) is 1.73. The Morgan fingerprint density at radius 2 is 1.85 bits per heavy atom. The number of halogens is 4. The summed E-state index contributed by atoms with van der Waals surface area (Å²) in [6.07, 6.45) is -0.820. The summed E-state index contributed by atoms with van der Waals surface area (Å²) in [7, 11) is 0. The zero-order valence-corrected chi connectivity index (χ0v) is 12.2. The molecular weight excluding hydrogens is 333 g/mol. The minimum absolute atomic E-state index is 0.0928. The summed E-state index contributed by atoms with van der Waals surface area (Å²) in [6, 6.07) is 6.53. The third-order valence-electron chi connectivity index (χ3n) is 3.14. The van der Waals surface area contributed by atoms with Crippen LogP contribution in [0, 0.1) is 24.4 Å². The van der Waals surface area contributed by atoms with E-state index < -0.39 is 17.7 Å². The predicted molar refractivity (Wildman–Crippen MR) is 73.9 cm³/mol. The number of rotatable bonds is 3. The molecule has 2 aromatic rings. The minimum Gasteiger partial charge on any atom is -0.388 e. The molecule has 0 spiro atoms. The lowest BCUT2D eigenvalue weighted by Gasteiger charge is -2.15. The fraction of sp³-hybridized carbons (Fsp3) is 0.200. The van der Waals surface area contributed by atoms with Gasteiger partial charge in [-0.05, 0) is 57.7 Å². The first kappa shape index (κ1) is 15.1. The molecule has 106 valence electrons. The fourth-order valence-electron chi connectivity index (χ4n) is 2.00. The zero-order chi connectivity index (χ0) is 14.9. The molecule has 1 atom stereocenters. The van der Waals surface area contributed by atoms with Gasteiger partial charge >= 0.3 is 0 Å². The topological polar surface area (TPSA) is 20.2 Å². The number of hydrogen-bond donors (Lipinski definition) is 1. The summed E-state index contributed by atoms with van der Waals surface area (Å²) < 4.78 is 39.4.